The molecule has 0 radical (unpaired) electrons. The van der Waals surface area contributed by atoms with Crippen molar-refractivity contribution in [1.29, 1.82) is 0 Å². The van der Waals surface area contributed by atoms with Crippen molar-refractivity contribution in [2.24, 2.45) is 5.92 Å². The zero-order chi connectivity index (χ0) is 28.2. The van der Waals surface area contributed by atoms with Crippen LogP contribution in [0.1, 0.15) is 41.0 Å². The summed E-state index contributed by atoms with van der Waals surface area (Å²) in [5, 5.41) is 9.62. The molecule has 0 heterocycles. The maximum absolute atomic E-state index is 14.4. The van der Waals surface area contributed by atoms with Crippen molar-refractivity contribution in [2.75, 3.05) is 52.9 Å². The Morgan fingerprint density at radius 1 is 0.694 bits per heavy atom. The van der Waals surface area contributed by atoms with E-state index in [0.717, 1.165) is 6.42 Å². The highest BCUT2D eigenvalue weighted by Gasteiger charge is 2.67. The number of rotatable bonds is 18. The van der Waals surface area contributed by atoms with Crippen LogP contribution < -0.4 is 0 Å². The highest BCUT2D eigenvalue weighted by molar-refractivity contribution is 5.32. The first-order valence-corrected chi connectivity index (χ1v) is 11.3. The Labute approximate surface area is 205 Å². The summed E-state index contributed by atoms with van der Waals surface area (Å²) in [5.41, 5.74) is -11.5. The number of aliphatic hydroxyl groups is 1. The van der Waals surface area contributed by atoms with Gasteiger partial charge in [0.1, 0.15) is 6.61 Å². The van der Waals surface area contributed by atoms with Crippen molar-refractivity contribution in [2.45, 2.75) is 71.0 Å². The molecular formula is C22H36F8O6. The molecule has 0 aromatic heterocycles. The molecule has 0 amide bonds. The molecular weight excluding hydrogens is 512 g/mol. The number of hydrogen-bond donors (Lipinski definition) is 1. The first-order valence-electron chi connectivity index (χ1n) is 11.3. The van der Waals surface area contributed by atoms with Gasteiger partial charge in [-0.3, -0.25) is 0 Å². The Morgan fingerprint density at radius 3 is 1.42 bits per heavy atom. The zero-order valence-electron chi connectivity index (χ0n) is 21.0. The minimum Gasteiger partial charge on any atom is -0.496 e. The van der Waals surface area contributed by atoms with Gasteiger partial charge in [-0.1, -0.05) is 13.8 Å². The molecule has 0 aliphatic heterocycles. The Bertz CT molecular complexity index is 621. The Kier molecular flexibility index (Phi) is 14.7. The maximum atomic E-state index is 14.4. The fourth-order valence-electron chi connectivity index (χ4n) is 2.85. The van der Waals surface area contributed by atoms with Gasteiger partial charge in [0.2, 0.25) is 11.3 Å². The van der Waals surface area contributed by atoms with E-state index < -0.39 is 47.9 Å². The number of alkyl halides is 8. The van der Waals surface area contributed by atoms with Crippen molar-refractivity contribution < 1.29 is 63.9 Å². The van der Waals surface area contributed by atoms with Crippen LogP contribution in [-0.2, 0) is 23.7 Å². The molecule has 14 heteroatoms. The minimum absolute atomic E-state index is 0.00767. The van der Waals surface area contributed by atoms with Gasteiger partial charge in [-0.2, -0.15) is 26.3 Å². The lowest BCUT2D eigenvalue weighted by Crippen LogP contribution is -2.52. The van der Waals surface area contributed by atoms with Crippen molar-refractivity contribution in [1.82, 2.24) is 0 Å². The highest BCUT2D eigenvalue weighted by Crippen LogP contribution is 2.51. The number of aliphatic hydroxyl groups excluding tert-OH is 1. The Balaban J connectivity index is 4.39. The van der Waals surface area contributed by atoms with Gasteiger partial charge in [-0.05, 0) is 27.2 Å². The van der Waals surface area contributed by atoms with Crippen LogP contribution >= 0.6 is 0 Å². The molecule has 4 unspecified atom stereocenters. The van der Waals surface area contributed by atoms with Gasteiger partial charge in [-0.25, -0.2) is 8.78 Å². The van der Waals surface area contributed by atoms with Crippen molar-refractivity contribution in [3.05, 3.63) is 11.3 Å². The van der Waals surface area contributed by atoms with Crippen LogP contribution in [-0.4, -0.2) is 87.9 Å². The molecule has 216 valence electrons. The summed E-state index contributed by atoms with van der Waals surface area (Å²) in [6, 6.07) is 0. The fourth-order valence-corrected chi connectivity index (χ4v) is 2.85. The summed E-state index contributed by atoms with van der Waals surface area (Å²) >= 11 is 0. The average Bonchev–Trinajstić information content (AvgIpc) is 2.74. The summed E-state index contributed by atoms with van der Waals surface area (Å²) in [6.07, 6.45) is -11.7. The van der Waals surface area contributed by atoms with Gasteiger partial charge in [0.05, 0.1) is 57.6 Å². The third kappa shape index (κ3) is 11.0. The van der Waals surface area contributed by atoms with Crippen LogP contribution in [0.15, 0.2) is 11.3 Å². The van der Waals surface area contributed by atoms with E-state index in [1.807, 2.05) is 13.8 Å². The van der Waals surface area contributed by atoms with Crippen LogP contribution in [0.5, 0.6) is 0 Å². The minimum atomic E-state index is -5.81. The van der Waals surface area contributed by atoms with E-state index in [0.29, 0.717) is 6.92 Å². The predicted molar refractivity (Wildman–Crippen MR) is 114 cm³/mol. The van der Waals surface area contributed by atoms with Gasteiger partial charge < -0.3 is 28.8 Å². The summed E-state index contributed by atoms with van der Waals surface area (Å²) in [5.74, 6) is -1.18. The second-order valence-electron chi connectivity index (χ2n) is 8.27. The number of ether oxygens (including phenoxy) is 5. The van der Waals surface area contributed by atoms with Crippen LogP contribution in [0.3, 0.4) is 0 Å². The van der Waals surface area contributed by atoms with Crippen LogP contribution in [0.25, 0.3) is 0 Å². The number of hydrogen-bond acceptors (Lipinski definition) is 6. The molecule has 0 bridgehead atoms. The standard InChI is InChI=1S/C22H36F8O6/c1-6-15(2)18(31)36-14-12-34-10-8-32-7-9-33-11-13-35-16(3)17(19(4,23)21(25,26)27)20(5,24)22(28,29)30/h15,18,31H,6-14H2,1-5H3. The van der Waals surface area contributed by atoms with Crippen LogP contribution in [0.2, 0.25) is 0 Å². The molecule has 6 nitrogen and oxygen atoms in total. The van der Waals surface area contributed by atoms with Crippen LogP contribution in [0, 0.1) is 5.92 Å². The Morgan fingerprint density at radius 2 is 1.06 bits per heavy atom. The molecule has 0 aromatic rings. The normalized spacial score (nSPS) is 17.7. The maximum Gasteiger partial charge on any atom is 0.426 e. The Hall–Kier alpha value is -1.22. The van der Waals surface area contributed by atoms with Gasteiger partial charge in [0, 0.05) is 5.92 Å². The molecule has 0 saturated heterocycles. The largest absolute Gasteiger partial charge is 0.496 e. The van der Waals surface area contributed by atoms with Gasteiger partial charge in [0.15, 0.2) is 6.29 Å². The van der Waals surface area contributed by atoms with Crippen molar-refractivity contribution in [3.8, 4) is 0 Å². The van der Waals surface area contributed by atoms with Gasteiger partial charge >= 0.3 is 12.4 Å². The summed E-state index contributed by atoms with van der Waals surface area (Å²) in [6.45, 7) is 4.18. The van der Waals surface area contributed by atoms with E-state index in [1.54, 1.807) is 0 Å². The molecule has 36 heavy (non-hydrogen) atoms. The molecule has 0 fully saturated rings. The molecule has 0 aromatic carbocycles. The molecule has 0 saturated carbocycles. The smallest absolute Gasteiger partial charge is 0.426 e. The first-order chi connectivity index (χ1) is 16.4. The average molecular weight is 549 g/mol. The summed E-state index contributed by atoms with van der Waals surface area (Å²) < 4.78 is 133. The topological polar surface area (TPSA) is 66.4 Å². The second kappa shape index (κ2) is 15.3. The van der Waals surface area contributed by atoms with Crippen LogP contribution in [0.4, 0.5) is 35.1 Å². The molecule has 0 rings (SSSR count). The van der Waals surface area contributed by atoms with E-state index in [-0.39, 0.29) is 66.0 Å². The summed E-state index contributed by atoms with van der Waals surface area (Å²) in [7, 11) is 0. The second-order valence-corrected chi connectivity index (χ2v) is 8.27. The zero-order valence-corrected chi connectivity index (χ0v) is 21.0. The molecule has 4 atom stereocenters. The van der Waals surface area contributed by atoms with Gasteiger partial charge in [-0.15, -0.1) is 0 Å². The third-order valence-electron chi connectivity index (χ3n) is 5.29. The van der Waals surface area contributed by atoms with E-state index >= 15 is 0 Å². The monoisotopic (exact) mass is 548 g/mol. The van der Waals surface area contributed by atoms with Gasteiger partial charge in [0.25, 0.3) is 0 Å². The SMILES string of the molecule is CCC(C)C(O)OCCOCCOCCOCCOC(C)=C(C(C)(F)C(F)(F)F)C(C)(F)C(F)(F)F. The fraction of sp³-hybridized carbons (Fsp3) is 0.909. The molecule has 0 aliphatic carbocycles. The molecule has 0 spiro atoms. The lowest BCUT2D eigenvalue weighted by molar-refractivity contribution is -0.245. The highest BCUT2D eigenvalue weighted by atomic mass is 19.4. The number of allylic oxidation sites excluding steroid dienone is 2. The lowest BCUT2D eigenvalue weighted by atomic mass is 9.83. The first kappa shape index (κ1) is 34.8. The van der Waals surface area contributed by atoms with Crippen molar-refractivity contribution >= 4 is 0 Å². The molecule has 1 N–H and O–H groups in total. The summed E-state index contributed by atoms with van der Waals surface area (Å²) in [4.78, 5) is 0. The quantitative estimate of drug-likeness (QED) is 0.109. The van der Waals surface area contributed by atoms with Crippen molar-refractivity contribution in [3.63, 3.8) is 0 Å². The predicted octanol–water partition coefficient (Wildman–Crippen LogP) is 5.29. The lowest BCUT2D eigenvalue weighted by Gasteiger charge is -2.36. The number of halogens is 8. The van der Waals surface area contributed by atoms with E-state index in [1.165, 1.54) is 0 Å². The van der Waals surface area contributed by atoms with E-state index in [4.69, 9.17) is 23.7 Å². The van der Waals surface area contributed by atoms with E-state index in [2.05, 4.69) is 0 Å². The molecule has 0 aliphatic rings. The van der Waals surface area contributed by atoms with E-state index in [9.17, 15) is 40.2 Å². The third-order valence-corrected chi connectivity index (χ3v) is 5.29.